The number of hydrogen-bond donors (Lipinski definition) is 12. The molecule has 0 saturated heterocycles. The summed E-state index contributed by atoms with van der Waals surface area (Å²) >= 11 is 0. The smallest absolute Gasteiger partial charge is 0.246 e. The van der Waals surface area contributed by atoms with Crippen LogP contribution in [0.25, 0.3) is 32.7 Å². The van der Waals surface area contributed by atoms with Crippen molar-refractivity contribution in [1.82, 2.24) is 30.9 Å². The number of benzene rings is 6. The van der Waals surface area contributed by atoms with Gasteiger partial charge in [0.2, 0.25) is 35.4 Å². The first-order valence-corrected chi connectivity index (χ1v) is 30.6. The van der Waals surface area contributed by atoms with Crippen LogP contribution in [0.4, 0.5) is 17.1 Å². The number of aromatic nitrogens is 3. The van der Waals surface area contributed by atoms with E-state index in [1.165, 1.54) is 0 Å². The quantitative estimate of drug-likeness (QED) is 0.0150. The van der Waals surface area contributed by atoms with E-state index in [2.05, 4.69) is 46.9 Å². The normalized spacial score (nSPS) is 12.4. The molecule has 6 aromatic carbocycles. The molecular weight excluding hydrogens is 1100 g/mol. The second kappa shape index (κ2) is 30.3. The molecule has 3 atom stereocenters. The highest BCUT2D eigenvalue weighted by Crippen LogP contribution is 2.35. The molecule has 0 bridgehead atoms. The molecule has 0 unspecified atom stereocenters. The van der Waals surface area contributed by atoms with Gasteiger partial charge in [-0.05, 0) is 186 Å². The van der Waals surface area contributed by atoms with Gasteiger partial charge in [-0.2, -0.15) is 0 Å². The molecule has 6 amide bonds. The number of carbonyl (C=O) groups is 6. The van der Waals surface area contributed by atoms with E-state index in [1.807, 2.05) is 166 Å². The maximum Gasteiger partial charge on any atom is 0.246 e. The number of amides is 6. The predicted molar refractivity (Wildman–Crippen MR) is 351 cm³/mol. The molecule has 9 rings (SSSR count). The number of para-hydroxylation sites is 3. The van der Waals surface area contributed by atoms with Gasteiger partial charge < -0.3 is 64.1 Å². The number of nitrogens with two attached hydrogens (primary N) is 3. The van der Waals surface area contributed by atoms with Crippen LogP contribution in [0.3, 0.4) is 0 Å². The highest BCUT2D eigenvalue weighted by Gasteiger charge is 2.27. The van der Waals surface area contributed by atoms with Crippen molar-refractivity contribution < 1.29 is 28.8 Å². The Morgan fingerprint density at radius 3 is 0.886 bits per heavy atom. The van der Waals surface area contributed by atoms with Gasteiger partial charge in [-0.25, -0.2) is 0 Å². The average molecular weight is 1190 g/mol. The summed E-state index contributed by atoms with van der Waals surface area (Å²) in [7, 11) is 0. The highest BCUT2D eigenvalue weighted by atomic mass is 16.2. The van der Waals surface area contributed by atoms with Gasteiger partial charge in [0.25, 0.3) is 0 Å². The van der Waals surface area contributed by atoms with Crippen molar-refractivity contribution >= 4 is 85.2 Å². The molecule has 0 aliphatic carbocycles. The lowest BCUT2D eigenvalue weighted by Crippen LogP contribution is -2.44. The largest absolute Gasteiger partial charge is 0.358 e. The fraction of sp³-hybridized carbons (Fsp3) is 0.314. The zero-order chi connectivity index (χ0) is 62.1. The van der Waals surface area contributed by atoms with E-state index in [0.29, 0.717) is 94.5 Å². The molecule has 0 fully saturated rings. The number of hydrogen-bond acceptors (Lipinski definition) is 9. The van der Waals surface area contributed by atoms with Gasteiger partial charge >= 0.3 is 0 Å². The molecule has 18 nitrogen and oxygen atoms in total. The maximum absolute atomic E-state index is 14.1. The summed E-state index contributed by atoms with van der Waals surface area (Å²) in [5.41, 5.74) is 29.9. The van der Waals surface area contributed by atoms with E-state index in [0.717, 1.165) is 83.2 Å². The molecule has 0 radical (unpaired) electrons. The topological polar surface area (TPSA) is 300 Å². The third-order valence-electron chi connectivity index (χ3n) is 16.4. The Morgan fingerprint density at radius 1 is 0.364 bits per heavy atom. The first kappa shape index (κ1) is 63.2. The van der Waals surface area contributed by atoms with E-state index in [-0.39, 0.29) is 60.6 Å². The Kier molecular flexibility index (Phi) is 21.8. The summed E-state index contributed by atoms with van der Waals surface area (Å²) in [6.07, 6.45) is 5.53. The molecule has 15 N–H and O–H groups in total. The zero-order valence-corrected chi connectivity index (χ0v) is 50.5. The Bertz CT molecular complexity index is 3470. The lowest BCUT2D eigenvalue weighted by molar-refractivity contribution is -0.126. The third kappa shape index (κ3) is 16.2. The minimum Gasteiger partial charge on any atom is -0.358 e. The number of nitrogens with one attached hydrogen (secondary N) is 9. The zero-order valence-electron chi connectivity index (χ0n) is 50.5. The van der Waals surface area contributed by atoms with Gasteiger partial charge in [0.15, 0.2) is 0 Å². The summed E-state index contributed by atoms with van der Waals surface area (Å²) in [5, 5.41) is 21.0. The highest BCUT2D eigenvalue weighted by molar-refractivity contribution is 6.01. The van der Waals surface area contributed by atoms with E-state index >= 15 is 0 Å². The molecule has 0 aliphatic rings. The second-order valence-corrected chi connectivity index (χ2v) is 22.8. The number of aromatic amines is 3. The van der Waals surface area contributed by atoms with Gasteiger partial charge in [-0.1, -0.05) is 91.0 Å². The number of H-pyrrole nitrogens is 3. The van der Waals surface area contributed by atoms with Crippen LogP contribution >= 0.6 is 0 Å². The molecule has 0 saturated carbocycles. The fourth-order valence-corrected chi connectivity index (χ4v) is 11.7. The first-order chi connectivity index (χ1) is 42.7. The summed E-state index contributed by atoms with van der Waals surface area (Å²) in [4.78, 5) is 93.3. The molecule has 88 heavy (non-hydrogen) atoms. The van der Waals surface area contributed by atoms with Crippen molar-refractivity contribution in [2.75, 3.05) is 35.6 Å². The van der Waals surface area contributed by atoms with Crippen LogP contribution in [0.5, 0.6) is 0 Å². The van der Waals surface area contributed by atoms with Crippen LogP contribution in [0.2, 0.25) is 0 Å². The summed E-state index contributed by atoms with van der Waals surface area (Å²) in [5.74, 6) is -2.23. The number of anilines is 3. The van der Waals surface area contributed by atoms with Crippen molar-refractivity contribution in [2.45, 2.75) is 122 Å². The number of unbranched alkanes of at least 4 members (excludes halogenated alkanes) is 3. The van der Waals surface area contributed by atoms with Crippen LogP contribution in [0.1, 0.15) is 114 Å². The minimum absolute atomic E-state index is 0.106. The lowest BCUT2D eigenvalue weighted by Gasteiger charge is -2.22. The van der Waals surface area contributed by atoms with Crippen LogP contribution in [0, 0.1) is 20.8 Å². The van der Waals surface area contributed by atoms with E-state index in [1.54, 1.807) is 0 Å². The van der Waals surface area contributed by atoms with E-state index < -0.39 is 18.1 Å². The van der Waals surface area contributed by atoms with Crippen molar-refractivity contribution in [3.8, 4) is 0 Å². The molecule has 18 heteroatoms. The standard InChI is InChI=1S/C70H82N12O6/c1-43-55(52-16-4-7-19-58(52)74-43)40-64(83)80-61(22-10-13-37-71)68(86)77-49-31-25-46(26-32-49)67(47-27-33-50(34-28-47)78-69(87)62(23-11-14-38-72)81-65(84)41-56-44(2)75-59-20-8-5-17-53(56)59)48-29-35-51(36-30-48)79-70(88)63(24-12-15-39-73)82-66(85)42-57-45(3)76-60-21-9-6-18-54(57)60/h4-9,16-21,25-36,61-63,67,74-76H,10-15,22-24,37-42,71-73H2,1-3H3,(H,77,86)(H,78,87)(H,79,88)(H,80,83)(H,81,84)(H,82,85)/t61-,62-,63-/m1/s1. The number of rotatable bonds is 30. The van der Waals surface area contributed by atoms with Crippen LogP contribution in [-0.4, -0.2) is 88.2 Å². The summed E-state index contributed by atoms with van der Waals surface area (Å²) < 4.78 is 0. The van der Waals surface area contributed by atoms with E-state index in [9.17, 15) is 28.8 Å². The van der Waals surface area contributed by atoms with E-state index in [4.69, 9.17) is 17.2 Å². The number of fused-ring (bicyclic) bond motifs is 3. The molecule has 3 aromatic heterocycles. The Morgan fingerprint density at radius 2 is 0.625 bits per heavy atom. The Balaban J connectivity index is 0.935. The predicted octanol–water partition coefficient (Wildman–Crippen LogP) is 9.62. The van der Waals surface area contributed by atoms with Crippen molar-refractivity contribution in [2.24, 2.45) is 17.2 Å². The number of carbonyl (C=O) groups excluding carboxylic acids is 6. The van der Waals surface area contributed by atoms with Crippen LogP contribution in [0.15, 0.2) is 146 Å². The Hall–Kier alpha value is -9.36. The molecule has 458 valence electrons. The van der Waals surface area contributed by atoms with Crippen molar-refractivity contribution in [3.05, 3.63) is 196 Å². The van der Waals surface area contributed by atoms with Crippen molar-refractivity contribution in [1.29, 1.82) is 0 Å². The number of aryl methyl sites for hydroxylation is 3. The molecule has 9 aromatic rings. The SMILES string of the molecule is Cc1[nH]c2ccccc2c1CC(=O)N[C@H](CCCCN)C(=O)Nc1ccc(C(c2ccc(NC(=O)[C@@H](CCCCN)NC(=O)Cc3c(C)[nH]c4ccccc34)cc2)c2ccc(NC(=O)[C@@H](CCCCN)NC(=O)Cc3c(C)[nH]c4ccccc34)cc2)cc1. The molecule has 0 aliphatic heterocycles. The van der Waals surface area contributed by atoms with Crippen LogP contribution < -0.4 is 49.1 Å². The van der Waals surface area contributed by atoms with Gasteiger partial charge in [0.1, 0.15) is 18.1 Å². The lowest BCUT2D eigenvalue weighted by atomic mass is 9.85. The van der Waals surface area contributed by atoms with Gasteiger partial charge in [0.05, 0.1) is 19.3 Å². The fourth-order valence-electron chi connectivity index (χ4n) is 11.7. The average Bonchev–Trinajstić information content (AvgIpc) is 2.08. The maximum atomic E-state index is 14.1. The third-order valence-corrected chi connectivity index (χ3v) is 16.4. The Labute approximate surface area is 513 Å². The molecular formula is C70H82N12O6. The summed E-state index contributed by atoms with van der Waals surface area (Å²) in [6, 6.07) is 43.6. The molecule has 3 heterocycles. The first-order valence-electron chi connectivity index (χ1n) is 30.6. The van der Waals surface area contributed by atoms with Gasteiger partial charge in [-0.15, -0.1) is 0 Å². The van der Waals surface area contributed by atoms with Crippen LogP contribution in [-0.2, 0) is 48.0 Å². The van der Waals surface area contributed by atoms with Gasteiger partial charge in [0, 0.05) is 72.8 Å². The second-order valence-electron chi connectivity index (χ2n) is 22.8. The summed E-state index contributed by atoms with van der Waals surface area (Å²) in [6.45, 7) is 7.19. The van der Waals surface area contributed by atoms with Crippen molar-refractivity contribution in [3.63, 3.8) is 0 Å². The minimum atomic E-state index is -0.811. The van der Waals surface area contributed by atoms with Gasteiger partial charge in [-0.3, -0.25) is 28.8 Å². The monoisotopic (exact) mass is 1190 g/mol. The molecule has 0 spiro atoms.